The SMILES string of the molecule is CC(O)c1cc2n(n1)CCCN(C(=O)Cc1cc(=O)[nH]c(N)n1)C2. The summed E-state index contributed by atoms with van der Waals surface area (Å²) in [6.45, 7) is 3.37. The molecule has 1 atom stereocenters. The van der Waals surface area contributed by atoms with Crippen LogP contribution in [0.25, 0.3) is 0 Å². The fraction of sp³-hybridized carbons (Fsp3) is 0.467. The van der Waals surface area contributed by atoms with E-state index in [0.717, 1.165) is 12.1 Å². The fourth-order valence-electron chi connectivity index (χ4n) is 2.79. The Labute approximate surface area is 138 Å². The van der Waals surface area contributed by atoms with E-state index < -0.39 is 6.10 Å². The molecule has 1 amide bonds. The highest BCUT2D eigenvalue weighted by Gasteiger charge is 2.22. The minimum absolute atomic E-state index is 0.000757. The van der Waals surface area contributed by atoms with Gasteiger partial charge in [0.25, 0.3) is 5.56 Å². The molecule has 0 radical (unpaired) electrons. The lowest BCUT2D eigenvalue weighted by Gasteiger charge is -2.19. The predicted octanol–water partition coefficient (Wildman–Crippen LogP) is -0.423. The number of aromatic nitrogens is 4. The zero-order chi connectivity index (χ0) is 17.3. The third kappa shape index (κ3) is 3.46. The van der Waals surface area contributed by atoms with E-state index in [1.54, 1.807) is 11.8 Å². The van der Waals surface area contributed by atoms with Crippen molar-refractivity contribution in [2.45, 2.75) is 39.0 Å². The van der Waals surface area contributed by atoms with Crippen molar-refractivity contribution in [2.75, 3.05) is 12.3 Å². The number of nitrogens with zero attached hydrogens (tertiary/aromatic N) is 4. The largest absolute Gasteiger partial charge is 0.387 e. The number of rotatable bonds is 3. The molecule has 0 spiro atoms. The van der Waals surface area contributed by atoms with Gasteiger partial charge >= 0.3 is 0 Å². The van der Waals surface area contributed by atoms with Crippen LogP contribution in [0.2, 0.25) is 0 Å². The lowest BCUT2D eigenvalue weighted by Crippen LogP contribution is -2.32. The average molecular weight is 332 g/mol. The van der Waals surface area contributed by atoms with Crippen molar-refractivity contribution >= 4 is 11.9 Å². The molecule has 2 aromatic rings. The Morgan fingerprint density at radius 1 is 1.46 bits per heavy atom. The molecule has 0 aromatic carbocycles. The molecule has 2 aromatic heterocycles. The molecule has 0 aliphatic carbocycles. The van der Waals surface area contributed by atoms with Gasteiger partial charge in [0, 0.05) is 19.2 Å². The number of fused-ring (bicyclic) bond motifs is 1. The van der Waals surface area contributed by atoms with Crippen molar-refractivity contribution in [1.29, 1.82) is 0 Å². The van der Waals surface area contributed by atoms with E-state index in [0.29, 0.717) is 31.0 Å². The Hall–Kier alpha value is -2.68. The van der Waals surface area contributed by atoms with E-state index in [1.165, 1.54) is 6.07 Å². The molecule has 4 N–H and O–H groups in total. The number of anilines is 1. The van der Waals surface area contributed by atoms with Crippen LogP contribution in [0.5, 0.6) is 0 Å². The van der Waals surface area contributed by atoms with E-state index >= 15 is 0 Å². The van der Waals surface area contributed by atoms with Crippen molar-refractivity contribution in [3.63, 3.8) is 0 Å². The van der Waals surface area contributed by atoms with Gasteiger partial charge in [0.2, 0.25) is 11.9 Å². The van der Waals surface area contributed by atoms with E-state index in [4.69, 9.17) is 5.73 Å². The molecule has 1 aliphatic heterocycles. The van der Waals surface area contributed by atoms with Crippen LogP contribution in [-0.2, 0) is 24.3 Å². The molecule has 3 heterocycles. The van der Waals surface area contributed by atoms with Crippen LogP contribution < -0.4 is 11.3 Å². The lowest BCUT2D eigenvalue weighted by atomic mass is 10.2. The number of aliphatic hydroxyl groups is 1. The van der Waals surface area contributed by atoms with Crippen LogP contribution in [0.4, 0.5) is 5.95 Å². The van der Waals surface area contributed by atoms with Crippen LogP contribution in [0, 0.1) is 0 Å². The highest BCUT2D eigenvalue weighted by molar-refractivity contribution is 5.78. The number of aliphatic hydroxyl groups excluding tert-OH is 1. The van der Waals surface area contributed by atoms with Crippen LogP contribution in [-0.4, -0.2) is 42.2 Å². The summed E-state index contributed by atoms with van der Waals surface area (Å²) in [5.74, 6) is -0.124. The highest BCUT2D eigenvalue weighted by atomic mass is 16.3. The molecule has 128 valence electrons. The Bertz CT molecular complexity index is 810. The normalized spacial score (nSPS) is 15.7. The van der Waals surface area contributed by atoms with Gasteiger partial charge in [0.05, 0.1) is 36.2 Å². The quantitative estimate of drug-likeness (QED) is 0.699. The number of carbonyl (C=O) groups is 1. The van der Waals surface area contributed by atoms with E-state index in [2.05, 4.69) is 15.1 Å². The summed E-state index contributed by atoms with van der Waals surface area (Å²) in [5, 5.41) is 14.0. The molecule has 1 aliphatic rings. The number of nitrogens with one attached hydrogen (secondary N) is 1. The zero-order valence-electron chi connectivity index (χ0n) is 13.4. The summed E-state index contributed by atoms with van der Waals surface area (Å²) in [6, 6.07) is 3.10. The fourth-order valence-corrected chi connectivity index (χ4v) is 2.79. The van der Waals surface area contributed by atoms with Gasteiger partial charge in [-0.05, 0) is 19.4 Å². The maximum atomic E-state index is 12.5. The highest BCUT2D eigenvalue weighted by Crippen LogP contribution is 2.18. The van der Waals surface area contributed by atoms with Gasteiger partial charge in [-0.25, -0.2) is 4.98 Å². The number of carbonyl (C=O) groups excluding carboxylic acids is 1. The first-order chi connectivity index (χ1) is 11.4. The number of amides is 1. The summed E-state index contributed by atoms with van der Waals surface area (Å²) in [4.78, 5) is 32.0. The molecule has 0 saturated heterocycles. The van der Waals surface area contributed by atoms with Crippen LogP contribution in [0.1, 0.15) is 36.5 Å². The predicted molar refractivity (Wildman–Crippen MR) is 85.9 cm³/mol. The average Bonchev–Trinajstić information content (AvgIpc) is 2.78. The summed E-state index contributed by atoms with van der Waals surface area (Å²) in [6.07, 6.45) is 0.146. The Kier molecular flexibility index (Phi) is 4.34. The summed E-state index contributed by atoms with van der Waals surface area (Å²) < 4.78 is 1.83. The molecule has 9 heteroatoms. The third-order valence-corrected chi connectivity index (χ3v) is 3.96. The molecule has 1 unspecified atom stereocenters. The molecule has 9 nitrogen and oxygen atoms in total. The van der Waals surface area contributed by atoms with E-state index in [-0.39, 0.29) is 23.8 Å². The number of aryl methyl sites for hydroxylation is 1. The minimum Gasteiger partial charge on any atom is -0.387 e. The standard InChI is InChI=1S/C15H20N6O3/c1-9(22)12-7-11-8-20(3-2-4-21(11)19-12)14(24)6-10-5-13(23)18-15(16)17-10/h5,7,9,22H,2-4,6,8H2,1H3,(H3,16,17,18,23). The third-order valence-electron chi connectivity index (χ3n) is 3.96. The van der Waals surface area contributed by atoms with E-state index in [9.17, 15) is 14.7 Å². The second-order valence-electron chi connectivity index (χ2n) is 5.93. The maximum Gasteiger partial charge on any atom is 0.252 e. The molecular formula is C15H20N6O3. The summed E-state index contributed by atoms with van der Waals surface area (Å²) in [5.41, 5.74) is 6.97. The smallest absolute Gasteiger partial charge is 0.252 e. The molecule has 0 bridgehead atoms. The van der Waals surface area contributed by atoms with Gasteiger partial charge in [0.1, 0.15) is 0 Å². The van der Waals surface area contributed by atoms with Crippen molar-refractivity contribution in [2.24, 2.45) is 0 Å². The molecule has 24 heavy (non-hydrogen) atoms. The van der Waals surface area contributed by atoms with Crippen molar-refractivity contribution in [3.8, 4) is 0 Å². The lowest BCUT2D eigenvalue weighted by molar-refractivity contribution is -0.131. The number of H-pyrrole nitrogens is 1. The van der Waals surface area contributed by atoms with Crippen molar-refractivity contribution in [1.82, 2.24) is 24.6 Å². The first kappa shape index (κ1) is 16.2. The van der Waals surface area contributed by atoms with Crippen LogP contribution >= 0.6 is 0 Å². The number of hydrogen-bond acceptors (Lipinski definition) is 6. The van der Waals surface area contributed by atoms with Crippen molar-refractivity contribution < 1.29 is 9.90 Å². The molecule has 0 fully saturated rings. The molecular weight excluding hydrogens is 312 g/mol. The van der Waals surface area contributed by atoms with Gasteiger partial charge in [0.15, 0.2) is 0 Å². The second-order valence-corrected chi connectivity index (χ2v) is 5.93. The monoisotopic (exact) mass is 332 g/mol. The summed E-state index contributed by atoms with van der Waals surface area (Å²) in [7, 11) is 0. The first-order valence-electron chi connectivity index (χ1n) is 7.80. The first-order valence-corrected chi connectivity index (χ1v) is 7.80. The van der Waals surface area contributed by atoms with Crippen molar-refractivity contribution in [3.05, 3.63) is 39.6 Å². The number of aromatic amines is 1. The van der Waals surface area contributed by atoms with E-state index in [1.807, 2.05) is 10.7 Å². The zero-order valence-corrected chi connectivity index (χ0v) is 13.4. The number of hydrogen-bond donors (Lipinski definition) is 3. The van der Waals surface area contributed by atoms with Gasteiger partial charge in [-0.3, -0.25) is 19.3 Å². The Morgan fingerprint density at radius 3 is 2.96 bits per heavy atom. The maximum absolute atomic E-state index is 12.5. The van der Waals surface area contributed by atoms with Gasteiger partial charge < -0.3 is 15.7 Å². The van der Waals surface area contributed by atoms with Gasteiger partial charge in [-0.2, -0.15) is 5.10 Å². The number of nitrogens with two attached hydrogens (primary N) is 1. The topological polar surface area (TPSA) is 130 Å². The number of nitrogen functional groups attached to an aromatic ring is 1. The Morgan fingerprint density at radius 2 is 2.25 bits per heavy atom. The van der Waals surface area contributed by atoms with Gasteiger partial charge in [-0.15, -0.1) is 0 Å². The summed E-state index contributed by atoms with van der Waals surface area (Å²) >= 11 is 0. The molecule has 0 saturated carbocycles. The second kappa shape index (κ2) is 6.44. The molecule has 3 rings (SSSR count). The van der Waals surface area contributed by atoms with Crippen LogP contribution in [0.15, 0.2) is 16.9 Å². The minimum atomic E-state index is -0.642. The van der Waals surface area contributed by atoms with Crippen LogP contribution in [0.3, 0.4) is 0 Å². The Balaban J connectivity index is 1.76. The van der Waals surface area contributed by atoms with Gasteiger partial charge in [-0.1, -0.05) is 0 Å².